The molecule has 2 saturated heterocycles. The molecule has 6 heteroatoms. The van der Waals surface area contributed by atoms with E-state index in [1.165, 1.54) is 0 Å². The molecule has 1 aromatic carbocycles. The highest BCUT2D eigenvalue weighted by Gasteiger charge is 2.41. The average molecular weight is 378 g/mol. The zero-order chi connectivity index (χ0) is 19.6. The first-order chi connectivity index (χ1) is 13.5. The second-order valence-electron chi connectivity index (χ2n) is 8.00. The van der Waals surface area contributed by atoms with E-state index < -0.39 is 0 Å². The fraction of sp³-hybridized carbons (Fsp3) is 0.409. The van der Waals surface area contributed by atoms with Gasteiger partial charge in [0.25, 0.3) is 5.91 Å². The summed E-state index contributed by atoms with van der Waals surface area (Å²) in [4.78, 5) is 33.2. The molecule has 2 amide bonds. The Morgan fingerprint density at radius 2 is 1.86 bits per heavy atom. The van der Waals surface area contributed by atoms with Crippen LogP contribution in [0.4, 0.5) is 5.69 Å². The maximum absolute atomic E-state index is 12.7. The molecule has 0 bridgehead atoms. The molecule has 6 nitrogen and oxygen atoms in total. The van der Waals surface area contributed by atoms with Gasteiger partial charge in [-0.1, -0.05) is 30.3 Å². The van der Waals surface area contributed by atoms with Crippen LogP contribution in [0.2, 0.25) is 0 Å². The summed E-state index contributed by atoms with van der Waals surface area (Å²) < 4.78 is 0. The maximum Gasteiger partial charge on any atom is 0.272 e. The van der Waals surface area contributed by atoms with Gasteiger partial charge in [0, 0.05) is 44.5 Å². The Bertz CT molecular complexity index is 860. The molecule has 2 aromatic rings. The minimum Gasteiger partial charge on any atom is -0.399 e. The van der Waals surface area contributed by atoms with E-state index in [1.54, 1.807) is 18.3 Å². The number of piperidine rings is 2. The zero-order valence-electron chi connectivity index (χ0n) is 16.0. The van der Waals surface area contributed by atoms with Gasteiger partial charge in [-0.25, -0.2) is 0 Å². The number of carbonyl (C=O) groups is 2. The van der Waals surface area contributed by atoms with Gasteiger partial charge in [-0.15, -0.1) is 0 Å². The van der Waals surface area contributed by atoms with E-state index in [0.29, 0.717) is 37.4 Å². The quantitative estimate of drug-likeness (QED) is 0.891. The van der Waals surface area contributed by atoms with Crippen molar-refractivity contribution in [3.05, 3.63) is 59.9 Å². The molecule has 1 aromatic heterocycles. The summed E-state index contributed by atoms with van der Waals surface area (Å²) in [6, 6.07) is 13.5. The lowest BCUT2D eigenvalue weighted by Gasteiger charge is -2.47. The third-order valence-corrected chi connectivity index (χ3v) is 6.08. The van der Waals surface area contributed by atoms with Crippen LogP contribution >= 0.6 is 0 Å². The third-order valence-electron chi connectivity index (χ3n) is 6.08. The van der Waals surface area contributed by atoms with Crippen LogP contribution in [0.1, 0.15) is 41.7 Å². The van der Waals surface area contributed by atoms with Crippen LogP contribution in [0.5, 0.6) is 0 Å². The molecule has 0 unspecified atom stereocenters. The highest BCUT2D eigenvalue weighted by molar-refractivity contribution is 5.93. The zero-order valence-corrected chi connectivity index (χ0v) is 16.0. The van der Waals surface area contributed by atoms with Crippen molar-refractivity contribution in [3.63, 3.8) is 0 Å². The van der Waals surface area contributed by atoms with E-state index in [9.17, 15) is 9.59 Å². The van der Waals surface area contributed by atoms with E-state index in [-0.39, 0.29) is 17.2 Å². The van der Waals surface area contributed by atoms with Crippen LogP contribution in [0.3, 0.4) is 0 Å². The number of nitrogen functional groups attached to an aromatic ring is 1. The molecule has 2 N–H and O–H groups in total. The molecule has 0 radical (unpaired) electrons. The third kappa shape index (κ3) is 3.86. The Kier molecular flexibility index (Phi) is 5.03. The number of aromatic nitrogens is 1. The monoisotopic (exact) mass is 378 g/mol. The minimum absolute atomic E-state index is 0.0600. The Morgan fingerprint density at radius 3 is 2.57 bits per heavy atom. The van der Waals surface area contributed by atoms with Crippen molar-refractivity contribution >= 4 is 17.5 Å². The summed E-state index contributed by atoms with van der Waals surface area (Å²) in [5.41, 5.74) is 8.01. The molecule has 3 heterocycles. The summed E-state index contributed by atoms with van der Waals surface area (Å²) in [7, 11) is 0. The molecule has 28 heavy (non-hydrogen) atoms. The predicted octanol–water partition coefficient (Wildman–Crippen LogP) is 2.71. The number of benzene rings is 1. The summed E-state index contributed by atoms with van der Waals surface area (Å²) in [5, 5.41) is 0. The Balaban J connectivity index is 1.40. The number of anilines is 1. The first-order valence-electron chi connectivity index (χ1n) is 9.87. The van der Waals surface area contributed by atoms with E-state index >= 15 is 0 Å². The molecule has 2 aliphatic rings. The van der Waals surface area contributed by atoms with Crippen LogP contribution in [0.25, 0.3) is 0 Å². The van der Waals surface area contributed by atoms with Crippen LogP contribution in [-0.4, -0.2) is 46.2 Å². The second-order valence-corrected chi connectivity index (χ2v) is 8.00. The van der Waals surface area contributed by atoms with Gasteiger partial charge >= 0.3 is 0 Å². The molecule has 2 fully saturated rings. The van der Waals surface area contributed by atoms with Crippen molar-refractivity contribution in [1.29, 1.82) is 0 Å². The highest BCUT2D eigenvalue weighted by Crippen LogP contribution is 2.40. The predicted molar refractivity (Wildman–Crippen MR) is 107 cm³/mol. The molecule has 4 rings (SSSR count). The van der Waals surface area contributed by atoms with E-state index in [1.807, 2.05) is 28.0 Å². The van der Waals surface area contributed by atoms with E-state index in [2.05, 4.69) is 17.1 Å². The lowest BCUT2D eigenvalue weighted by molar-refractivity contribution is -0.139. The number of carbonyl (C=O) groups excluding carboxylic acids is 2. The normalized spacial score (nSPS) is 19.1. The molecular formula is C22H26N4O2. The Morgan fingerprint density at radius 1 is 1.11 bits per heavy atom. The SMILES string of the molecule is Nc1ccnc(C(=O)N2CCC3(CCC(=O)N(Cc4ccccc4)C3)CC2)c1. The van der Waals surface area contributed by atoms with Gasteiger partial charge in [0.2, 0.25) is 5.91 Å². The number of hydrogen-bond donors (Lipinski definition) is 1. The van der Waals surface area contributed by atoms with Crippen molar-refractivity contribution in [1.82, 2.24) is 14.8 Å². The summed E-state index contributed by atoms with van der Waals surface area (Å²) in [6.45, 7) is 2.84. The van der Waals surface area contributed by atoms with Crippen molar-refractivity contribution in [3.8, 4) is 0 Å². The number of nitrogens with two attached hydrogens (primary N) is 1. The minimum atomic E-state index is -0.0600. The molecule has 1 spiro atoms. The van der Waals surface area contributed by atoms with Crippen LogP contribution in [-0.2, 0) is 11.3 Å². The number of rotatable bonds is 3. The summed E-state index contributed by atoms with van der Waals surface area (Å²) in [6.07, 6.45) is 4.91. The van der Waals surface area contributed by atoms with Crippen LogP contribution < -0.4 is 5.73 Å². The maximum atomic E-state index is 12.7. The summed E-state index contributed by atoms with van der Waals surface area (Å²) >= 11 is 0. The smallest absolute Gasteiger partial charge is 0.272 e. The number of likely N-dealkylation sites (tertiary alicyclic amines) is 2. The molecule has 0 saturated carbocycles. The molecule has 0 atom stereocenters. The summed E-state index contributed by atoms with van der Waals surface area (Å²) in [5.74, 6) is 0.173. The lowest BCUT2D eigenvalue weighted by Crippen LogP contribution is -2.52. The molecule has 0 aliphatic carbocycles. The number of nitrogens with zero attached hydrogens (tertiary/aromatic N) is 3. The van der Waals surface area contributed by atoms with E-state index in [4.69, 9.17) is 5.73 Å². The van der Waals surface area contributed by atoms with Crippen molar-refractivity contribution in [2.75, 3.05) is 25.4 Å². The Labute approximate surface area is 165 Å². The van der Waals surface area contributed by atoms with Gasteiger partial charge < -0.3 is 15.5 Å². The lowest BCUT2D eigenvalue weighted by atomic mass is 9.72. The van der Waals surface area contributed by atoms with Crippen molar-refractivity contribution in [2.24, 2.45) is 5.41 Å². The molecule has 146 valence electrons. The van der Waals surface area contributed by atoms with Gasteiger partial charge in [-0.2, -0.15) is 0 Å². The van der Waals surface area contributed by atoms with Gasteiger partial charge in [0.05, 0.1) is 0 Å². The first kappa shape index (κ1) is 18.5. The topological polar surface area (TPSA) is 79.5 Å². The number of hydrogen-bond acceptors (Lipinski definition) is 4. The van der Waals surface area contributed by atoms with Gasteiger partial charge in [-0.05, 0) is 42.4 Å². The standard InChI is InChI=1S/C22H26N4O2/c23-18-7-11-24-19(14-18)21(28)25-12-9-22(10-13-25)8-6-20(27)26(16-22)15-17-4-2-1-3-5-17/h1-5,7,11,14H,6,8-10,12-13,15-16H2,(H2,23,24). The number of pyridine rings is 1. The fourth-order valence-electron chi connectivity index (χ4n) is 4.37. The largest absolute Gasteiger partial charge is 0.399 e. The Hall–Kier alpha value is -2.89. The fourth-order valence-corrected chi connectivity index (χ4v) is 4.37. The molecule has 2 aliphatic heterocycles. The van der Waals surface area contributed by atoms with Crippen molar-refractivity contribution < 1.29 is 9.59 Å². The van der Waals surface area contributed by atoms with Crippen LogP contribution in [0, 0.1) is 5.41 Å². The van der Waals surface area contributed by atoms with Gasteiger partial charge in [0.1, 0.15) is 5.69 Å². The van der Waals surface area contributed by atoms with Gasteiger partial charge in [-0.3, -0.25) is 14.6 Å². The average Bonchev–Trinajstić information content (AvgIpc) is 2.72. The number of amides is 2. The molecular weight excluding hydrogens is 352 g/mol. The highest BCUT2D eigenvalue weighted by atomic mass is 16.2. The second kappa shape index (κ2) is 7.62. The van der Waals surface area contributed by atoms with Gasteiger partial charge in [0.15, 0.2) is 0 Å². The first-order valence-corrected chi connectivity index (χ1v) is 9.87. The van der Waals surface area contributed by atoms with Crippen molar-refractivity contribution in [2.45, 2.75) is 32.2 Å². The van der Waals surface area contributed by atoms with E-state index in [0.717, 1.165) is 31.4 Å². The van der Waals surface area contributed by atoms with Crippen LogP contribution in [0.15, 0.2) is 48.7 Å².